The maximum absolute atomic E-state index is 12.8. The maximum Gasteiger partial charge on any atom is 0.291 e. The molecule has 4 rings (SSSR count). The molecule has 3 heterocycles. The van der Waals surface area contributed by atoms with E-state index in [0.717, 1.165) is 12.8 Å². The molecule has 0 atom stereocenters. The Balaban J connectivity index is 1.61. The first-order valence-electron chi connectivity index (χ1n) is 9.18. The third-order valence-electron chi connectivity index (χ3n) is 4.72. The van der Waals surface area contributed by atoms with Crippen molar-refractivity contribution in [1.82, 2.24) is 14.4 Å². The van der Waals surface area contributed by atoms with E-state index in [-0.39, 0.29) is 16.4 Å². The molecule has 9 nitrogen and oxygen atoms in total. The Morgan fingerprint density at radius 3 is 2.59 bits per heavy atom. The number of nitrogens with zero attached hydrogens (tertiary/aromatic N) is 3. The molecule has 0 spiro atoms. The highest BCUT2D eigenvalue weighted by atomic mass is 32.2. The van der Waals surface area contributed by atoms with E-state index in [1.165, 1.54) is 17.3 Å². The molecule has 0 radical (unpaired) electrons. The molecule has 29 heavy (non-hydrogen) atoms. The lowest BCUT2D eigenvalue weighted by Gasteiger charge is -2.14. The average molecular weight is 416 g/mol. The number of hydrogen-bond acceptors (Lipinski definition) is 7. The summed E-state index contributed by atoms with van der Waals surface area (Å²) in [5, 5.41) is 6.61. The van der Waals surface area contributed by atoms with Crippen molar-refractivity contribution in [3.63, 3.8) is 0 Å². The predicted octanol–water partition coefficient (Wildman–Crippen LogP) is 2.98. The van der Waals surface area contributed by atoms with Crippen molar-refractivity contribution in [2.24, 2.45) is 0 Å². The smallest absolute Gasteiger partial charge is 0.291 e. The van der Waals surface area contributed by atoms with Gasteiger partial charge in [0.1, 0.15) is 10.7 Å². The predicted molar refractivity (Wildman–Crippen MR) is 104 cm³/mol. The van der Waals surface area contributed by atoms with Gasteiger partial charge < -0.3 is 14.3 Å². The molecule has 0 aliphatic carbocycles. The van der Waals surface area contributed by atoms with Crippen molar-refractivity contribution in [3.05, 3.63) is 47.7 Å². The van der Waals surface area contributed by atoms with Crippen molar-refractivity contribution in [2.45, 2.75) is 31.6 Å². The second kappa shape index (κ2) is 7.45. The highest BCUT2D eigenvalue weighted by Crippen LogP contribution is 2.29. The van der Waals surface area contributed by atoms with Crippen LogP contribution >= 0.6 is 0 Å². The number of furan rings is 1. The first kappa shape index (κ1) is 19.3. The molecule has 152 valence electrons. The average Bonchev–Trinajstić information content (AvgIpc) is 3.43. The fourth-order valence-corrected chi connectivity index (χ4v) is 4.96. The molecule has 10 heteroatoms. The van der Waals surface area contributed by atoms with E-state index in [0.29, 0.717) is 36.1 Å². The summed E-state index contributed by atoms with van der Waals surface area (Å²) in [6, 6.07) is 8.25. The lowest BCUT2D eigenvalue weighted by molar-refractivity contribution is 0.0995. The normalized spacial score (nSPS) is 15.0. The maximum atomic E-state index is 12.8. The van der Waals surface area contributed by atoms with Gasteiger partial charge in [0.05, 0.1) is 5.69 Å². The zero-order valence-corrected chi connectivity index (χ0v) is 16.8. The highest BCUT2D eigenvalue weighted by molar-refractivity contribution is 7.89. The van der Waals surface area contributed by atoms with Gasteiger partial charge in [-0.05, 0) is 31.9 Å². The van der Waals surface area contributed by atoms with Crippen LogP contribution in [0.25, 0.3) is 11.4 Å². The molecule has 1 N–H and O–H groups in total. The number of hydrogen-bond donors (Lipinski definition) is 1. The monoisotopic (exact) mass is 416 g/mol. The molecule has 1 aliphatic heterocycles. The van der Waals surface area contributed by atoms with Crippen LogP contribution in [0.5, 0.6) is 0 Å². The van der Waals surface area contributed by atoms with Crippen molar-refractivity contribution in [3.8, 4) is 11.4 Å². The Labute approximate surface area is 167 Å². The van der Waals surface area contributed by atoms with Gasteiger partial charge in [-0.2, -0.15) is 9.29 Å². The third kappa shape index (κ3) is 3.68. The van der Waals surface area contributed by atoms with E-state index < -0.39 is 15.9 Å². The molecule has 2 aromatic heterocycles. The van der Waals surface area contributed by atoms with Gasteiger partial charge in [-0.25, -0.2) is 8.42 Å². The Hall–Kier alpha value is -2.98. The number of para-hydroxylation sites is 1. The minimum atomic E-state index is -3.68. The number of carbonyl (C=O) groups is 1. The van der Waals surface area contributed by atoms with Gasteiger partial charge in [0.2, 0.25) is 21.7 Å². The number of rotatable bonds is 5. The summed E-state index contributed by atoms with van der Waals surface area (Å²) in [5.41, 5.74) is 1.03. The summed E-state index contributed by atoms with van der Waals surface area (Å²) in [7, 11) is -3.68. The topological polar surface area (TPSA) is 119 Å². The van der Waals surface area contributed by atoms with Crippen LogP contribution in [-0.2, 0) is 10.0 Å². The third-order valence-corrected chi connectivity index (χ3v) is 6.73. The van der Waals surface area contributed by atoms with Gasteiger partial charge >= 0.3 is 0 Å². The fourth-order valence-electron chi connectivity index (χ4n) is 3.28. The number of anilines is 1. The van der Waals surface area contributed by atoms with Crippen LogP contribution in [0.1, 0.15) is 35.0 Å². The van der Waals surface area contributed by atoms with E-state index >= 15 is 0 Å². The minimum absolute atomic E-state index is 0.0200. The summed E-state index contributed by atoms with van der Waals surface area (Å²) < 4.78 is 37.5. The van der Waals surface area contributed by atoms with Crippen LogP contribution < -0.4 is 5.32 Å². The number of aromatic nitrogens is 2. The summed E-state index contributed by atoms with van der Waals surface area (Å²) in [4.78, 5) is 16.9. The Morgan fingerprint density at radius 2 is 1.90 bits per heavy atom. The molecule has 1 amide bonds. The second-order valence-corrected chi connectivity index (χ2v) is 8.69. The minimum Gasteiger partial charge on any atom is -0.455 e. The molecular weight excluding hydrogens is 396 g/mol. The van der Waals surface area contributed by atoms with Gasteiger partial charge in [-0.1, -0.05) is 17.3 Å². The first-order valence-corrected chi connectivity index (χ1v) is 10.6. The Bertz CT molecular complexity index is 1160. The summed E-state index contributed by atoms with van der Waals surface area (Å²) >= 11 is 0. The molecule has 0 saturated carbocycles. The van der Waals surface area contributed by atoms with Crippen LogP contribution in [0.2, 0.25) is 0 Å². The van der Waals surface area contributed by atoms with Crippen molar-refractivity contribution < 1.29 is 22.2 Å². The number of aryl methyl sites for hydroxylation is 2. The van der Waals surface area contributed by atoms with Gasteiger partial charge in [-0.3, -0.25) is 4.79 Å². The fraction of sp³-hybridized carbons (Fsp3) is 0.316. The second-order valence-electron chi connectivity index (χ2n) is 6.78. The molecular formula is C19H20N4O5S. The van der Waals surface area contributed by atoms with Gasteiger partial charge in [0.15, 0.2) is 5.76 Å². The van der Waals surface area contributed by atoms with Gasteiger partial charge in [0.25, 0.3) is 5.91 Å². The SMILES string of the molecule is Cc1nc(-c2ccccc2NC(=O)c2cc(S(=O)(=O)N3CCCC3)c(C)o2)no1. The quantitative estimate of drug-likeness (QED) is 0.679. The number of carbonyl (C=O) groups excluding carboxylic acids is 1. The van der Waals surface area contributed by atoms with E-state index in [1.54, 1.807) is 31.2 Å². The molecule has 1 saturated heterocycles. The molecule has 0 unspecified atom stereocenters. The molecule has 1 aromatic carbocycles. The van der Waals surface area contributed by atoms with Gasteiger partial charge in [-0.15, -0.1) is 0 Å². The number of nitrogens with one attached hydrogen (secondary N) is 1. The zero-order chi connectivity index (χ0) is 20.6. The van der Waals surface area contributed by atoms with E-state index in [9.17, 15) is 13.2 Å². The molecule has 1 fully saturated rings. The summed E-state index contributed by atoms with van der Waals surface area (Å²) in [6.45, 7) is 4.17. The van der Waals surface area contributed by atoms with Gasteiger partial charge in [0, 0.05) is 31.6 Å². The summed E-state index contributed by atoms with van der Waals surface area (Å²) in [5.74, 6) is 0.276. The lowest BCUT2D eigenvalue weighted by Crippen LogP contribution is -2.28. The number of amides is 1. The van der Waals surface area contributed by atoms with Crippen molar-refractivity contribution >= 4 is 21.6 Å². The standard InChI is InChI=1S/C19H20N4O5S/c1-12-17(29(25,26)23-9-5-6-10-23)11-16(27-12)19(24)21-15-8-4-3-7-14(15)18-20-13(2)28-22-18/h3-4,7-8,11H,5-6,9-10H2,1-2H3,(H,21,24). The largest absolute Gasteiger partial charge is 0.455 e. The van der Waals surface area contributed by atoms with Crippen LogP contribution in [-0.4, -0.2) is 41.9 Å². The number of sulfonamides is 1. The van der Waals surface area contributed by atoms with Crippen LogP contribution in [0.4, 0.5) is 5.69 Å². The zero-order valence-electron chi connectivity index (χ0n) is 16.0. The first-order chi connectivity index (χ1) is 13.9. The summed E-state index contributed by atoms with van der Waals surface area (Å²) in [6.07, 6.45) is 1.66. The Morgan fingerprint density at radius 1 is 1.17 bits per heavy atom. The number of benzene rings is 1. The molecule has 3 aromatic rings. The molecule has 1 aliphatic rings. The molecule has 0 bridgehead atoms. The Kier molecular flexibility index (Phi) is 4.97. The van der Waals surface area contributed by atoms with Crippen LogP contribution in [0.15, 0.2) is 44.2 Å². The van der Waals surface area contributed by atoms with Crippen molar-refractivity contribution in [2.75, 3.05) is 18.4 Å². The van der Waals surface area contributed by atoms with Crippen LogP contribution in [0.3, 0.4) is 0 Å². The van der Waals surface area contributed by atoms with Crippen LogP contribution in [0, 0.1) is 13.8 Å². The highest BCUT2D eigenvalue weighted by Gasteiger charge is 2.31. The lowest BCUT2D eigenvalue weighted by atomic mass is 10.1. The van der Waals surface area contributed by atoms with E-state index in [1.807, 2.05) is 0 Å². The van der Waals surface area contributed by atoms with Crippen molar-refractivity contribution in [1.29, 1.82) is 0 Å². The van der Waals surface area contributed by atoms with E-state index in [2.05, 4.69) is 15.5 Å². The van der Waals surface area contributed by atoms with E-state index in [4.69, 9.17) is 8.94 Å².